The van der Waals surface area contributed by atoms with E-state index in [9.17, 15) is 9.90 Å². The van der Waals surface area contributed by atoms with Crippen molar-refractivity contribution in [3.05, 3.63) is 60.8 Å². The molecule has 2 fully saturated rings. The summed E-state index contributed by atoms with van der Waals surface area (Å²) in [5, 5.41) is 10.2. The summed E-state index contributed by atoms with van der Waals surface area (Å²) in [6.07, 6.45) is 3.07. The molecule has 2 saturated heterocycles. The Morgan fingerprint density at radius 3 is 2.41 bits per heavy atom. The summed E-state index contributed by atoms with van der Waals surface area (Å²) in [6, 6.07) is 10.3. The van der Waals surface area contributed by atoms with Crippen molar-refractivity contribution in [3.8, 4) is 0 Å². The number of aromatic nitrogens is 1. The van der Waals surface area contributed by atoms with Gasteiger partial charge in [0, 0.05) is 64.6 Å². The van der Waals surface area contributed by atoms with Crippen LogP contribution in [0.2, 0.25) is 0 Å². The van der Waals surface area contributed by atoms with Gasteiger partial charge < -0.3 is 19.3 Å². The molecule has 2 aliphatic rings. The second kappa shape index (κ2) is 9.85. The molecular weight excluding hydrogens is 406 g/mol. The van der Waals surface area contributed by atoms with Gasteiger partial charge in [-0.15, -0.1) is 6.58 Å². The predicted molar refractivity (Wildman–Crippen MR) is 124 cm³/mol. The Morgan fingerprint density at radius 2 is 1.75 bits per heavy atom. The Balaban J connectivity index is 1.24. The van der Waals surface area contributed by atoms with E-state index in [1.54, 1.807) is 13.0 Å². The first-order chi connectivity index (χ1) is 15.4. The highest BCUT2D eigenvalue weighted by molar-refractivity contribution is 5.92. The SMILES string of the molecule is C=CC(C)(O)CN1CCN(Cc2nc(C(=O)N3CCN(c4ccccc4)CC3)co2)CC1. The highest BCUT2D eigenvalue weighted by Gasteiger charge is 2.27. The average molecular weight is 440 g/mol. The molecule has 32 heavy (non-hydrogen) atoms. The third-order valence-electron chi connectivity index (χ3n) is 6.27. The summed E-state index contributed by atoms with van der Waals surface area (Å²) in [7, 11) is 0. The van der Waals surface area contributed by atoms with Gasteiger partial charge in [-0.25, -0.2) is 4.98 Å². The number of benzene rings is 1. The molecule has 0 saturated carbocycles. The van der Waals surface area contributed by atoms with Gasteiger partial charge in [-0.3, -0.25) is 14.6 Å². The maximum absolute atomic E-state index is 12.9. The zero-order valence-corrected chi connectivity index (χ0v) is 18.8. The standard InChI is InChI=1S/C24H33N5O3/c1-3-24(2,31)19-27-11-9-26(10-12-27)17-22-25-21(18-32-22)23(30)29-15-13-28(14-16-29)20-7-5-4-6-8-20/h3-8,18,31H,1,9-17,19H2,2H3. The molecule has 1 unspecified atom stereocenters. The monoisotopic (exact) mass is 439 g/mol. The van der Waals surface area contributed by atoms with Crippen LogP contribution in [0, 0.1) is 0 Å². The first-order valence-corrected chi connectivity index (χ1v) is 11.3. The van der Waals surface area contributed by atoms with E-state index in [0.29, 0.717) is 37.8 Å². The lowest BCUT2D eigenvalue weighted by Gasteiger charge is -2.37. The largest absolute Gasteiger partial charge is 0.447 e. The number of hydrogen-bond acceptors (Lipinski definition) is 7. The predicted octanol–water partition coefficient (Wildman–Crippen LogP) is 1.69. The summed E-state index contributed by atoms with van der Waals surface area (Å²) in [5.74, 6) is 0.506. The third-order valence-corrected chi connectivity index (χ3v) is 6.27. The molecule has 2 aliphatic heterocycles. The van der Waals surface area contributed by atoms with Crippen LogP contribution >= 0.6 is 0 Å². The number of hydrogen-bond donors (Lipinski definition) is 1. The quantitative estimate of drug-likeness (QED) is 0.658. The molecule has 4 rings (SSSR count). The fourth-order valence-corrected chi connectivity index (χ4v) is 4.26. The zero-order valence-electron chi connectivity index (χ0n) is 18.8. The van der Waals surface area contributed by atoms with Gasteiger partial charge in [0.25, 0.3) is 5.91 Å². The van der Waals surface area contributed by atoms with Gasteiger partial charge in [0.15, 0.2) is 5.69 Å². The number of para-hydroxylation sites is 1. The van der Waals surface area contributed by atoms with Crippen LogP contribution in [0.5, 0.6) is 0 Å². The minimum atomic E-state index is -0.868. The van der Waals surface area contributed by atoms with Gasteiger partial charge in [0.05, 0.1) is 12.1 Å². The molecule has 1 N–H and O–H groups in total. The van der Waals surface area contributed by atoms with Gasteiger partial charge >= 0.3 is 0 Å². The van der Waals surface area contributed by atoms with Gasteiger partial charge in [-0.05, 0) is 19.1 Å². The number of carbonyl (C=O) groups excluding carboxylic acids is 1. The van der Waals surface area contributed by atoms with E-state index in [4.69, 9.17) is 4.42 Å². The minimum absolute atomic E-state index is 0.0656. The fourth-order valence-electron chi connectivity index (χ4n) is 4.26. The lowest BCUT2D eigenvalue weighted by Crippen LogP contribution is -2.50. The van der Waals surface area contributed by atoms with E-state index >= 15 is 0 Å². The molecule has 0 aliphatic carbocycles. The van der Waals surface area contributed by atoms with Crippen LogP contribution in [0.1, 0.15) is 23.3 Å². The Hall–Kier alpha value is -2.68. The molecular formula is C24H33N5O3. The second-order valence-corrected chi connectivity index (χ2v) is 8.85. The van der Waals surface area contributed by atoms with Gasteiger partial charge in [-0.2, -0.15) is 0 Å². The van der Waals surface area contributed by atoms with Gasteiger partial charge in [-0.1, -0.05) is 24.3 Å². The number of amides is 1. The maximum Gasteiger partial charge on any atom is 0.275 e. The summed E-state index contributed by atoms with van der Waals surface area (Å²) < 4.78 is 5.62. The summed E-state index contributed by atoms with van der Waals surface area (Å²) in [5.41, 5.74) is 0.706. The molecule has 3 heterocycles. The third kappa shape index (κ3) is 5.56. The minimum Gasteiger partial charge on any atom is -0.447 e. The number of anilines is 1. The lowest BCUT2D eigenvalue weighted by atomic mass is 10.1. The van der Waals surface area contributed by atoms with E-state index < -0.39 is 5.60 Å². The molecule has 1 amide bonds. The Bertz CT molecular complexity index is 897. The molecule has 0 radical (unpaired) electrons. The number of rotatable bonds is 7. The summed E-state index contributed by atoms with van der Waals surface area (Å²) in [6.45, 7) is 13.1. The first-order valence-electron chi connectivity index (χ1n) is 11.3. The second-order valence-electron chi connectivity index (χ2n) is 8.85. The van der Waals surface area contributed by atoms with E-state index in [2.05, 4.69) is 38.4 Å². The Labute approximate surface area is 189 Å². The van der Waals surface area contributed by atoms with Crippen LogP contribution < -0.4 is 4.90 Å². The molecule has 1 aromatic heterocycles. The average Bonchev–Trinajstić information content (AvgIpc) is 3.29. The Kier molecular flexibility index (Phi) is 6.93. The number of carbonyl (C=O) groups is 1. The van der Waals surface area contributed by atoms with E-state index in [-0.39, 0.29) is 5.91 Å². The number of β-amino-alcohol motifs (C(OH)–C–C–N with tert-alkyl or cyclic N) is 1. The first kappa shape index (κ1) is 22.5. The van der Waals surface area contributed by atoms with E-state index in [1.807, 2.05) is 23.1 Å². The number of piperazine rings is 2. The van der Waals surface area contributed by atoms with Crippen molar-refractivity contribution in [1.82, 2.24) is 19.7 Å². The molecule has 0 spiro atoms. The van der Waals surface area contributed by atoms with Crippen molar-refractivity contribution in [1.29, 1.82) is 0 Å². The van der Waals surface area contributed by atoms with Crippen molar-refractivity contribution in [2.24, 2.45) is 0 Å². The number of aliphatic hydroxyl groups is 1. The molecule has 172 valence electrons. The van der Waals surface area contributed by atoms with Gasteiger partial charge in [0.1, 0.15) is 6.26 Å². The zero-order chi connectivity index (χ0) is 22.6. The van der Waals surface area contributed by atoms with Crippen LogP contribution in [-0.2, 0) is 6.54 Å². The molecule has 8 heteroatoms. The van der Waals surface area contributed by atoms with Gasteiger partial charge in [0.2, 0.25) is 5.89 Å². The topological polar surface area (TPSA) is 76.3 Å². The molecule has 1 atom stereocenters. The van der Waals surface area contributed by atoms with E-state index in [0.717, 1.165) is 39.3 Å². The molecule has 0 bridgehead atoms. The van der Waals surface area contributed by atoms with Crippen LogP contribution in [0.15, 0.2) is 53.7 Å². The summed E-state index contributed by atoms with van der Waals surface area (Å²) in [4.78, 5) is 26.0. The van der Waals surface area contributed by atoms with Crippen molar-refractivity contribution in [2.45, 2.75) is 19.1 Å². The van der Waals surface area contributed by atoms with Crippen LogP contribution in [-0.4, -0.2) is 95.2 Å². The van der Waals surface area contributed by atoms with Crippen LogP contribution in [0.3, 0.4) is 0 Å². The smallest absolute Gasteiger partial charge is 0.275 e. The van der Waals surface area contributed by atoms with E-state index in [1.165, 1.54) is 12.0 Å². The highest BCUT2D eigenvalue weighted by atomic mass is 16.3. The normalized spacial score (nSPS) is 20.2. The maximum atomic E-state index is 12.9. The fraction of sp³-hybridized carbons (Fsp3) is 0.500. The van der Waals surface area contributed by atoms with Crippen molar-refractivity contribution in [3.63, 3.8) is 0 Å². The Morgan fingerprint density at radius 1 is 1.09 bits per heavy atom. The number of oxazole rings is 1. The highest BCUT2D eigenvalue weighted by Crippen LogP contribution is 2.17. The molecule has 1 aromatic carbocycles. The summed E-state index contributed by atoms with van der Waals surface area (Å²) >= 11 is 0. The van der Waals surface area contributed by atoms with Crippen molar-refractivity contribution >= 4 is 11.6 Å². The molecule has 2 aromatic rings. The number of nitrogens with zero attached hydrogens (tertiary/aromatic N) is 5. The van der Waals surface area contributed by atoms with Crippen molar-refractivity contribution in [2.75, 3.05) is 63.8 Å². The lowest BCUT2D eigenvalue weighted by molar-refractivity contribution is 0.0348. The van der Waals surface area contributed by atoms with Crippen LogP contribution in [0.4, 0.5) is 5.69 Å². The van der Waals surface area contributed by atoms with Crippen LogP contribution in [0.25, 0.3) is 0 Å². The molecule has 8 nitrogen and oxygen atoms in total. The van der Waals surface area contributed by atoms with Crippen molar-refractivity contribution < 1.29 is 14.3 Å².